The average molecular weight is 458 g/mol. The van der Waals surface area contributed by atoms with Gasteiger partial charge in [-0.1, -0.05) is 41.9 Å². The minimum absolute atomic E-state index is 0.435. The molecule has 168 valence electrons. The molecule has 3 heterocycles. The second-order valence-corrected chi connectivity index (χ2v) is 9.82. The fourth-order valence-corrected chi connectivity index (χ4v) is 5.99. The highest BCUT2D eigenvalue weighted by Crippen LogP contribution is 2.40. The Balaban J connectivity index is 1.33. The average Bonchev–Trinajstić information content (AvgIpc) is 3.06. The summed E-state index contributed by atoms with van der Waals surface area (Å²) in [7, 11) is 1.71. The number of rotatable bonds is 5. The summed E-state index contributed by atoms with van der Waals surface area (Å²) in [5.41, 5.74) is 4.44. The Hall–Kier alpha value is -2.82. The van der Waals surface area contributed by atoms with Gasteiger partial charge in [-0.15, -0.1) is 0 Å². The summed E-state index contributed by atoms with van der Waals surface area (Å²) in [4.78, 5) is 7.62. The number of pyridine rings is 1. The molecule has 6 rings (SSSR count). The molecule has 2 bridgehead atoms. The Morgan fingerprint density at radius 2 is 1.73 bits per heavy atom. The van der Waals surface area contributed by atoms with Crippen molar-refractivity contribution in [3.8, 4) is 5.75 Å². The molecule has 2 aliphatic heterocycles. The lowest BCUT2D eigenvalue weighted by Crippen LogP contribution is -2.46. The molecule has 0 saturated carbocycles. The summed E-state index contributed by atoms with van der Waals surface area (Å²) in [6.07, 6.45) is 4.90. The Bertz CT molecular complexity index is 1300. The largest absolute Gasteiger partial charge is 0.497 e. The third kappa shape index (κ3) is 3.92. The fourth-order valence-electron chi connectivity index (χ4n) is 5.83. The third-order valence-corrected chi connectivity index (χ3v) is 7.62. The fraction of sp³-hybridized carbons (Fsp3) is 0.321. The first-order valence-electron chi connectivity index (χ1n) is 11.8. The Labute approximate surface area is 199 Å². The van der Waals surface area contributed by atoms with Gasteiger partial charge in [0.15, 0.2) is 0 Å². The lowest BCUT2D eigenvalue weighted by molar-refractivity contribution is 0.124. The summed E-state index contributed by atoms with van der Waals surface area (Å²) < 4.78 is 5.53. The number of aromatic nitrogens is 1. The molecule has 4 aromatic rings. The van der Waals surface area contributed by atoms with Crippen molar-refractivity contribution < 1.29 is 4.74 Å². The predicted octanol–water partition coefficient (Wildman–Crippen LogP) is 6.66. The number of benzene rings is 3. The van der Waals surface area contributed by atoms with Crippen molar-refractivity contribution in [2.75, 3.05) is 12.4 Å². The molecule has 2 aliphatic rings. The van der Waals surface area contributed by atoms with Crippen LogP contribution in [0, 0.1) is 0 Å². The van der Waals surface area contributed by atoms with Gasteiger partial charge >= 0.3 is 0 Å². The van der Waals surface area contributed by atoms with Crippen LogP contribution in [0.4, 0.5) is 5.69 Å². The van der Waals surface area contributed by atoms with Crippen molar-refractivity contribution in [3.05, 3.63) is 77.3 Å². The van der Waals surface area contributed by atoms with Gasteiger partial charge in [0.05, 0.1) is 23.8 Å². The van der Waals surface area contributed by atoms with E-state index < -0.39 is 0 Å². The normalized spacial score (nSPS) is 22.7. The predicted molar refractivity (Wildman–Crippen MR) is 136 cm³/mol. The van der Waals surface area contributed by atoms with Gasteiger partial charge in [0.25, 0.3) is 0 Å². The molecular formula is C28H28ClN3O. The van der Waals surface area contributed by atoms with Crippen LogP contribution in [-0.2, 0) is 6.54 Å². The summed E-state index contributed by atoms with van der Waals surface area (Å²) in [5.74, 6) is 0.846. The van der Waals surface area contributed by atoms with E-state index in [-0.39, 0.29) is 0 Å². The summed E-state index contributed by atoms with van der Waals surface area (Å²) in [6.45, 7) is 1.06. The first-order valence-corrected chi connectivity index (χ1v) is 12.2. The highest BCUT2D eigenvalue weighted by atomic mass is 35.5. The maximum atomic E-state index is 6.30. The lowest BCUT2D eigenvalue weighted by atomic mass is 9.95. The van der Waals surface area contributed by atoms with Gasteiger partial charge in [0, 0.05) is 40.5 Å². The van der Waals surface area contributed by atoms with Gasteiger partial charge in [-0.2, -0.15) is 0 Å². The zero-order valence-corrected chi connectivity index (χ0v) is 19.6. The summed E-state index contributed by atoms with van der Waals surface area (Å²) >= 11 is 6.30. The molecule has 0 aliphatic carbocycles. The maximum absolute atomic E-state index is 6.30. The monoisotopic (exact) mass is 457 g/mol. The summed E-state index contributed by atoms with van der Waals surface area (Å²) in [6, 6.07) is 24.7. The molecule has 2 fully saturated rings. The molecule has 5 heteroatoms. The molecule has 1 aromatic heterocycles. The summed E-state index contributed by atoms with van der Waals surface area (Å²) in [5, 5.41) is 6.88. The number of piperidine rings is 1. The van der Waals surface area contributed by atoms with E-state index in [0.717, 1.165) is 52.6 Å². The topological polar surface area (TPSA) is 37.4 Å². The number of methoxy groups -OCH3 is 1. The molecule has 1 N–H and O–H groups in total. The number of hydrogen-bond acceptors (Lipinski definition) is 4. The molecule has 0 amide bonds. The van der Waals surface area contributed by atoms with Crippen LogP contribution in [0.3, 0.4) is 0 Å². The quantitative estimate of drug-likeness (QED) is 0.340. The minimum atomic E-state index is 0.435. The third-order valence-electron chi connectivity index (χ3n) is 7.38. The number of nitrogens with zero attached hydrogens (tertiary/aromatic N) is 2. The molecule has 4 nitrogen and oxygen atoms in total. The van der Waals surface area contributed by atoms with Crippen LogP contribution < -0.4 is 10.1 Å². The van der Waals surface area contributed by atoms with Crippen LogP contribution in [-0.4, -0.2) is 35.1 Å². The van der Waals surface area contributed by atoms with Gasteiger partial charge in [0.1, 0.15) is 5.75 Å². The van der Waals surface area contributed by atoms with E-state index in [1.54, 1.807) is 7.11 Å². The van der Waals surface area contributed by atoms with Crippen molar-refractivity contribution in [3.63, 3.8) is 0 Å². The van der Waals surface area contributed by atoms with E-state index in [0.29, 0.717) is 23.1 Å². The van der Waals surface area contributed by atoms with Gasteiger partial charge in [0.2, 0.25) is 0 Å². The minimum Gasteiger partial charge on any atom is -0.497 e. The molecule has 0 radical (unpaired) electrons. The van der Waals surface area contributed by atoms with E-state index >= 15 is 0 Å². The molecule has 2 saturated heterocycles. The van der Waals surface area contributed by atoms with Crippen LogP contribution in [0.15, 0.2) is 66.7 Å². The molecular weight excluding hydrogens is 430 g/mol. The Morgan fingerprint density at radius 1 is 0.939 bits per heavy atom. The molecule has 1 unspecified atom stereocenters. The van der Waals surface area contributed by atoms with Gasteiger partial charge < -0.3 is 10.1 Å². The molecule has 3 atom stereocenters. The Morgan fingerprint density at radius 3 is 2.48 bits per heavy atom. The number of ether oxygens (including phenoxy) is 1. The van der Waals surface area contributed by atoms with E-state index in [4.69, 9.17) is 21.3 Å². The van der Waals surface area contributed by atoms with E-state index in [9.17, 15) is 0 Å². The van der Waals surface area contributed by atoms with Crippen molar-refractivity contribution >= 4 is 39.1 Å². The van der Waals surface area contributed by atoms with Gasteiger partial charge in [-0.05, 0) is 67.6 Å². The first kappa shape index (κ1) is 20.8. The van der Waals surface area contributed by atoms with Crippen LogP contribution in [0.1, 0.15) is 31.2 Å². The zero-order valence-electron chi connectivity index (χ0n) is 18.8. The number of fused-ring (bicyclic) bond motifs is 4. The zero-order chi connectivity index (χ0) is 22.4. The highest BCUT2D eigenvalue weighted by molar-refractivity contribution is 6.31. The molecule has 33 heavy (non-hydrogen) atoms. The lowest BCUT2D eigenvalue weighted by Gasteiger charge is -2.40. The number of hydrogen-bond donors (Lipinski definition) is 1. The SMILES string of the molecule is COc1ccc2nc3cc(Cl)ccc3c(NC3C[C@H]4CC[C@@H](C3)N4Cc3ccccc3)c2c1. The smallest absolute Gasteiger partial charge is 0.119 e. The van der Waals surface area contributed by atoms with Crippen LogP contribution in [0.2, 0.25) is 5.02 Å². The second kappa shape index (κ2) is 8.51. The van der Waals surface area contributed by atoms with Crippen molar-refractivity contribution in [1.82, 2.24) is 9.88 Å². The van der Waals surface area contributed by atoms with Gasteiger partial charge in [-0.3, -0.25) is 4.90 Å². The number of anilines is 1. The number of halogens is 1. The first-order chi connectivity index (χ1) is 16.2. The second-order valence-electron chi connectivity index (χ2n) is 9.39. The van der Waals surface area contributed by atoms with E-state index in [2.05, 4.69) is 52.7 Å². The standard InChI is InChI=1S/C28H28ClN3O/c1-33-23-10-12-26-25(16-23)28(24-11-7-19(29)13-27(24)31-26)30-20-14-21-8-9-22(15-20)32(21)17-18-5-3-2-4-6-18/h2-7,10-13,16,20-22H,8-9,14-15,17H2,1H3,(H,30,31)/t20?,21-,22+. The maximum Gasteiger partial charge on any atom is 0.119 e. The van der Waals surface area contributed by atoms with Crippen molar-refractivity contribution in [1.29, 1.82) is 0 Å². The van der Waals surface area contributed by atoms with Gasteiger partial charge in [-0.25, -0.2) is 4.98 Å². The Kier molecular flexibility index (Phi) is 5.35. The van der Waals surface area contributed by atoms with Crippen LogP contribution >= 0.6 is 11.6 Å². The number of nitrogens with one attached hydrogen (secondary N) is 1. The molecule has 0 spiro atoms. The van der Waals surface area contributed by atoms with Crippen molar-refractivity contribution in [2.24, 2.45) is 0 Å². The van der Waals surface area contributed by atoms with E-state index in [1.165, 1.54) is 18.4 Å². The highest BCUT2D eigenvalue weighted by Gasteiger charge is 2.40. The van der Waals surface area contributed by atoms with E-state index in [1.807, 2.05) is 24.3 Å². The van der Waals surface area contributed by atoms with Crippen LogP contribution in [0.25, 0.3) is 21.8 Å². The van der Waals surface area contributed by atoms with Crippen LogP contribution in [0.5, 0.6) is 5.75 Å². The molecule has 3 aromatic carbocycles. The van der Waals surface area contributed by atoms with Crippen molar-refractivity contribution in [2.45, 2.75) is 50.4 Å².